The van der Waals surface area contributed by atoms with Crippen LogP contribution in [0.15, 0.2) is 60.7 Å². The van der Waals surface area contributed by atoms with Gasteiger partial charge in [-0.25, -0.2) is 4.79 Å². The molecule has 12 nitrogen and oxygen atoms in total. The van der Waals surface area contributed by atoms with Crippen molar-refractivity contribution in [3.63, 3.8) is 0 Å². The Morgan fingerprint density at radius 2 is 1.56 bits per heavy atom. The Bertz CT molecular complexity index is 1630. The Balaban J connectivity index is 0.00000417. The highest BCUT2D eigenvalue weighted by molar-refractivity contribution is 6.03. The number of hydrogen-bond donors (Lipinski definition) is 6. The number of Topliss-reactive ketones (excluding diaryl/α,β-unsaturated/α-hetero) is 2. The molecule has 3 amide bonds. The topological polar surface area (TPSA) is 220 Å². The number of anilines is 2. The quantitative estimate of drug-likeness (QED) is 0.141. The Hall–Kier alpha value is -4.99. The van der Waals surface area contributed by atoms with Crippen molar-refractivity contribution in [3.8, 4) is 22.6 Å². The zero-order valence-corrected chi connectivity index (χ0v) is 25.5. The SMILES string of the molecule is NC(=O)CC(=O)C(CO)C(CCO)CC1CC(=O)c2c(O)ccc(-c3ccc(NC(=O)Nc4ccc(OC(F)(F)F)cc4)cc3)c2C1.O.[HH].[HH]. The molecule has 0 aromatic heterocycles. The molecule has 3 atom stereocenters. The van der Waals surface area contributed by atoms with Gasteiger partial charge in [-0.1, -0.05) is 18.2 Å². The first kappa shape index (κ1) is 37.5. The summed E-state index contributed by atoms with van der Waals surface area (Å²) in [4.78, 5) is 49.7. The highest BCUT2D eigenvalue weighted by Crippen LogP contribution is 2.41. The molecule has 1 aliphatic carbocycles. The number of phenols is 1. The van der Waals surface area contributed by atoms with E-state index in [2.05, 4.69) is 15.4 Å². The van der Waals surface area contributed by atoms with E-state index in [1.165, 1.54) is 18.2 Å². The molecule has 262 valence electrons. The number of phenolic OH excluding ortho intramolecular Hbond substituents is 1. The van der Waals surface area contributed by atoms with Crippen LogP contribution >= 0.6 is 0 Å². The molecule has 1 aliphatic rings. The van der Waals surface area contributed by atoms with Crippen molar-refractivity contribution < 1.29 is 60.7 Å². The van der Waals surface area contributed by atoms with Crippen LogP contribution < -0.4 is 21.1 Å². The van der Waals surface area contributed by atoms with Gasteiger partial charge in [-0.3, -0.25) is 14.4 Å². The Kier molecular flexibility index (Phi) is 12.7. The predicted molar refractivity (Wildman–Crippen MR) is 172 cm³/mol. The number of hydrogen-bond acceptors (Lipinski definition) is 8. The molecule has 15 heteroatoms. The predicted octanol–water partition coefficient (Wildman–Crippen LogP) is 4.46. The number of benzene rings is 3. The van der Waals surface area contributed by atoms with Crippen LogP contribution in [0.5, 0.6) is 11.5 Å². The lowest BCUT2D eigenvalue weighted by Gasteiger charge is -2.31. The number of carbonyl (C=O) groups excluding carboxylic acids is 4. The molecule has 0 bridgehead atoms. The van der Waals surface area contributed by atoms with Gasteiger partial charge in [-0.2, -0.15) is 0 Å². The van der Waals surface area contributed by atoms with Gasteiger partial charge in [-0.15, -0.1) is 13.2 Å². The van der Waals surface area contributed by atoms with Crippen molar-refractivity contribution in [1.29, 1.82) is 0 Å². The zero-order chi connectivity index (χ0) is 34.3. The standard InChI is InChI=1S/C33H34F3N3O8.H2O.2H2/c34-33(35,36)47-23-7-5-22(6-8-23)39-32(46)38-21-3-1-19(2-4-21)24-9-10-27(42)31-25(24)14-18(15-29(31)44)13-20(11-12-40)26(17-41)28(43)16-30(37)45;;;/h1-10,18,20,26,40-42H,11-17H2,(H2,37,45)(H2,38,39,46);1H2;2*1H. The fraction of sp³-hybridized carbons (Fsp3) is 0.333. The third-order valence-electron chi connectivity index (χ3n) is 8.00. The number of halogens is 3. The summed E-state index contributed by atoms with van der Waals surface area (Å²) in [6.07, 6.45) is -4.49. The molecule has 0 spiro atoms. The normalized spacial score (nSPS) is 15.4. The first-order chi connectivity index (χ1) is 22.3. The van der Waals surface area contributed by atoms with Gasteiger partial charge in [0, 0.05) is 33.2 Å². The number of aliphatic hydroxyl groups excluding tert-OH is 2. The number of primary amides is 1. The molecule has 3 aromatic rings. The molecular formula is C33H40F3N3O9. The summed E-state index contributed by atoms with van der Waals surface area (Å²) >= 11 is 0. The number of rotatable bonds is 13. The molecule has 3 unspecified atom stereocenters. The van der Waals surface area contributed by atoms with E-state index in [9.17, 15) is 47.7 Å². The van der Waals surface area contributed by atoms with Crippen molar-refractivity contribution in [2.75, 3.05) is 23.8 Å². The zero-order valence-electron chi connectivity index (χ0n) is 25.5. The molecule has 3 aromatic carbocycles. The van der Waals surface area contributed by atoms with E-state index in [-0.39, 0.29) is 56.5 Å². The van der Waals surface area contributed by atoms with Crippen LogP contribution in [-0.4, -0.2) is 63.9 Å². The lowest BCUT2D eigenvalue weighted by atomic mass is 9.72. The molecule has 0 saturated carbocycles. The van der Waals surface area contributed by atoms with Gasteiger partial charge in [0.1, 0.15) is 17.3 Å². The van der Waals surface area contributed by atoms with Crippen molar-refractivity contribution in [1.82, 2.24) is 0 Å². The molecule has 0 radical (unpaired) electrons. The largest absolute Gasteiger partial charge is 0.573 e. The molecular weight excluding hydrogens is 639 g/mol. The van der Waals surface area contributed by atoms with Crippen LogP contribution in [0, 0.1) is 17.8 Å². The Labute approximate surface area is 276 Å². The van der Waals surface area contributed by atoms with E-state index in [0.29, 0.717) is 35.2 Å². The van der Waals surface area contributed by atoms with Crippen LogP contribution in [0.4, 0.5) is 29.3 Å². The third-order valence-corrected chi connectivity index (χ3v) is 8.00. The van der Waals surface area contributed by atoms with Gasteiger partial charge < -0.3 is 41.9 Å². The molecule has 0 heterocycles. The first-order valence-electron chi connectivity index (χ1n) is 14.7. The molecule has 0 fully saturated rings. The first-order valence-corrected chi connectivity index (χ1v) is 14.7. The van der Waals surface area contributed by atoms with E-state index < -0.39 is 54.7 Å². The van der Waals surface area contributed by atoms with Crippen LogP contribution in [0.25, 0.3) is 11.1 Å². The minimum Gasteiger partial charge on any atom is -0.507 e. The molecule has 4 rings (SSSR count). The number of aliphatic hydroxyl groups is 2. The summed E-state index contributed by atoms with van der Waals surface area (Å²) in [7, 11) is 0. The lowest BCUT2D eigenvalue weighted by Crippen LogP contribution is -2.33. The van der Waals surface area contributed by atoms with Gasteiger partial charge in [0.15, 0.2) is 5.78 Å². The number of aromatic hydroxyl groups is 1. The van der Waals surface area contributed by atoms with Crippen molar-refractivity contribution in [2.45, 2.75) is 38.5 Å². The summed E-state index contributed by atoms with van der Waals surface area (Å²) in [6.45, 7) is -0.808. The van der Waals surface area contributed by atoms with E-state index in [1.807, 2.05) is 0 Å². The number of ketones is 2. The minimum atomic E-state index is -4.84. The highest BCUT2D eigenvalue weighted by Gasteiger charge is 2.35. The van der Waals surface area contributed by atoms with Crippen LogP contribution in [0.3, 0.4) is 0 Å². The van der Waals surface area contributed by atoms with Gasteiger partial charge in [0.25, 0.3) is 0 Å². The second kappa shape index (κ2) is 16.2. The second-order valence-corrected chi connectivity index (χ2v) is 11.3. The minimum absolute atomic E-state index is 0. The summed E-state index contributed by atoms with van der Waals surface area (Å²) in [5.74, 6) is -4.00. The third kappa shape index (κ3) is 9.76. The van der Waals surface area contributed by atoms with Crippen LogP contribution in [-0.2, 0) is 16.0 Å². The number of carbonyl (C=O) groups is 4. The molecule has 48 heavy (non-hydrogen) atoms. The summed E-state index contributed by atoms with van der Waals surface area (Å²) < 4.78 is 40.9. The number of nitrogens with one attached hydrogen (secondary N) is 2. The second-order valence-electron chi connectivity index (χ2n) is 11.3. The number of alkyl halides is 3. The van der Waals surface area contributed by atoms with Gasteiger partial charge in [0.2, 0.25) is 5.91 Å². The highest BCUT2D eigenvalue weighted by atomic mass is 19.4. The lowest BCUT2D eigenvalue weighted by molar-refractivity contribution is -0.274. The number of fused-ring (bicyclic) bond motifs is 1. The van der Waals surface area contributed by atoms with Crippen molar-refractivity contribution in [2.24, 2.45) is 23.5 Å². The van der Waals surface area contributed by atoms with Crippen molar-refractivity contribution >= 4 is 34.9 Å². The summed E-state index contributed by atoms with van der Waals surface area (Å²) in [5, 5.41) is 35.3. The molecule has 9 N–H and O–H groups in total. The van der Waals surface area contributed by atoms with Gasteiger partial charge >= 0.3 is 12.4 Å². The molecule has 0 aliphatic heterocycles. The fourth-order valence-corrected chi connectivity index (χ4v) is 5.98. The van der Waals surface area contributed by atoms with Crippen LogP contribution in [0.2, 0.25) is 0 Å². The number of amides is 3. The summed E-state index contributed by atoms with van der Waals surface area (Å²) in [5.41, 5.74) is 7.92. The van der Waals surface area contributed by atoms with Gasteiger partial charge in [0.05, 0.1) is 18.6 Å². The average Bonchev–Trinajstić information content (AvgIpc) is 2.98. The van der Waals surface area contributed by atoms with Crippen molar-refractivity contribution in [3.05, 3.63) is 71.8 Å². The smallest absolute Gasteiger partial charge is 0.507 e. The maximum atomic E-state index is 13.3. The van der Waals surface area contributed by atoms with Gasteiger partial charge in [-0.05, 0) is 90.3 Å². The maximum absolute atomic E-state index is 13.3. The van der Waals surface area contributed by atoms with E-state index in [1.54, 1.807) is 30.3 Å². The number of nitrogens with two attached hydrogens (primary N) is 1. The summed E-state index contributed by atoms with van der Waals surface area (Å²) in [6, 6.07) is 13.7. The Morgan fingerprint density at radius 1 is 0.958 bits per heavy atom. The Morgan fingerprint density at radius 3 is 2.10 bits per heavy atom. The maximum Gasteiger partial charge on any atom is 0.573 e. The van der Waals surface area contributed by atoms with E-state index in [0.717, 1.165) is 12.1 Å². The monoisotopic (exact) mass is 679 g/mol. The van der Waals surface area contributed by atoms with Crippen LogP contribution in [0.1, 0.15) is 44.5 Å². The van der Waals surface area contributed by atoms with E-state index in [4.69, 9.17) is 5.73 Å². The van der Waals surface area contributed by atoms with E-state index >= 15 is 0 Å². The number of urea groups is 1. The fourth-order valence-electron chi connectivity index (χ4n) is 5.98. The number of ether oxygens (including phenoxy) is 1. The average molecular weight is 680 g/mol. The molecule has 0 saturated heterocycles.